The molecule has 0 aromatic heterocycles. The summed E-state index contributed by atoms with van der Waals surface area (Å²) in [5.41, 5.74) is -0.0800. The van der Waals surface area contributed by atoms with Gasteiger partial charge in [0.15, 0.2) is 5.78 Å². The fourth-order valence-corrected chi connectivity index (χ4v) is 6.67. The van der Waals surface area contributed by atoms with Crippen LogP contribution in [0.1, 0.15) is 52.4 Å². The van der Waals surface area contributed by atoms with Gasteiger partial charge in [-0.05, 0) is 72.3 Å². The largest absolute Gasteiger partial charge is 0.393 e. The standard InChI is InChI=1S/C19H27FO3/c1-18-6-5-10(21)7-13(18)14(20)8-11-12-3-4-16(23)19(12,2)9-15(22)17(11)18/h7,11-12,14-17,22-23H,3-6,8-9H2,1-2H3/t11-,12-,14-,15-,16-,17+,18-,19-/m0/s1. The van der Waals surface area contributed by atoms with Crippen molar-refractivity contribution in [2.45, 2.75) is 70.8 Å². The molecule has 0 heterocycles. The summed E-state index contributed by atoms with van der Waals surface area (Å²) in [4.78, 5) is 11.8. The van der Waals surface area contributed by atoms with E-state index in [4.69, 9.17) is 0 Å². The molecule has 4 heteroatoms. The Morgan fingerprint density at radius 1 is 1.26 bits per heavy atom. The lowest BCUT2D eigenvalue weighted by molar-refractivity contribution is -0.149. The Kier molecular flexibility index (Phi) is 3.35. The minimum atomic E-state index is -1.09. The molecule has 0 aliphatic heterocycles. The van der Waals surface area contributed by atoms with Crippen LogP contribution in [0.5, 0.6) is 0 Å². The fourth-order valence-electron chi connectivity index (χ4n) is 6.67. The number of aliphatic hydroxyl groups excluding tert-OH is 2. The molecule has 0 aromatic rings. The Balaban J connectivity index is 1.78. The van der Waals surface area contributed by atoms with E-state index in [0.717, 1.165) is 12.8 Å². The zero-order valence-corrected chi connectivity index (χ0v) is 14.0. The number of allylic oxidation sites excluding steroid dienone is 1. The topological polar surface area (TPSA) is 57.5 Å². The number of carbonyl (C=O) groups is 1. The predicted octanol–water partition coefficient (Wildman–Crippen LogP) is 2.80. The summed E-state index contributed by atoms with van der Waals surface area (Å²) in [5.74, 6) is 0.411. The first-order chi connectivity index (χ1) is 10.8. The summed E-state index contributed by atoms with van der Waals surface area (Å²) in [6.07, 6.45) is 3.28. The van der Waals surface area contributed by atoms with Crippen molar-refractivity contribution in [2.24, 2.45) is 28.6 Å². The molecule has 2 N–H and O–H groups in total. The molecule has 0 bridgehead atoms. The molecule has 0 unspecified atom stereocenters. The van der Waals surface area contributed by atoms with Crippen LogP contribution in [0.25, 0.3) is 0 Å². The third-order valence-electron chi connectivity index (χ3n) is 7.82. The Hall–Kier alpha value is -0.740. The van der Waals surface area contributed by atoms with Crippen LogP contribution < -0.4 is 0 Å². The molecule has 0 spiro atoms. The summed E-state index contributed by atoms with van der Waals surface area (Å²) in [6, 6.07) is 0. The zero-order chi connectivity index (χ0) is 16.6. The van der Waals surface area contributed by atoms with Gasteiger partial charge in [0.25, 0.3) is 0 Å². The average molecular weight is 322 g/mol. The number of aliphatic hydroxyl groups is 2. The number of ketones is 1. The number of alkyl halides is 1. The summed E-state index contributed by atoms with van der Waals surface area (Å²) in [6.45, 7) is 4.12. The molecular formula is C19H27FO3. The Morgan fingerprint density at radius 2 is 2.00 bits per heavy atom. The molecule has 4 rings (SSSR count). The maximum absolute atomic E-state index is 15.0. The molecule has 128 valence electrons. The third-order valence-corrected chi connectivity index (χ3v) is 7.82. The molecule has 0 saturated heterocycles. The van der Waals surface area contributed by atoms with Gasteiger partial charge in [-0.15, -0.1) is 0 Å². The van der Waals surface area contributed by atoms with Gasteiger partial charge in [0.05, 0.1) is 12.2 Å². The van der Waals surface area contributed by atoms with Crippen LogP contribution in [-0.2, 0) is 4.79 Å². The lowest BCUT2D eigenvalue weighted by Crippen LogP contribution is -2.59. The van der Waals surface area contributed by atoms with E-state index in [1.807, 2.05) is 6.92 Å². The number of halogens is 1. The molecule has 0 radical (unpaired) electrons. The molecule has 3 saturated carbocycles. The molecule has 23 heavy (non-hydrogen) atoms. The maximum atomic E-state index is 15.0. The van der Waals surface area contributed by atoms with Gasteiger partial charge in [0, 0.05) is 6.42 Å². The lowest BCUT2D eigenvalue weighted by Gasteiger charge is -2.60. The molecule has 8 atom stereocenters. The van der Waals surface area contributed by atoms with Crippen LogP contribution in [0.2, 0.25) is 0 Å². The SMILES string of the molecule is C[C@]12C[C@H](O)[C@H]3[C@@H](C[C@H](F)C4=CC(=O)CC[C@@]43C)[C@@H]1CC[C@@H]2O. The highest BCUT2D eigenvalue weighted by Gasteiger charge is 2.63. The molecule has 3 fully saturated rings. The first-order valence-electron chi connectivity index (χ1n) is 9.02. The molecule has 0 amide bonds. The van der Waals surface area contributed by atoms with Crippen molar-refractivity contribution < 1.29 is 19.4 Å². The summed E-state index contributed by atoms with van der Waals surface area (Å²) < 4.78 is 15.0. The monoisotopic (exact) mass is 322 g/mol. The first-order valence-corrected chi connectivity index (χ1v) is 9.02. The third kappa shape index (κ3) is 1.97. The van der Waals surface area contributed by atoms with Crippen LogP contribution in [0.4, 0.5) is 4.39 Å². The summed E-state index contributed by atoms with van der Waals surface area (Å²) >= 11 is 0. The van der Waals surface area contributed by atoms with Crippen LogP contribution in [0, 0.1) is 28.6 Å². The number of hydrogen-bond acceptors (Lipinski definition) is 3. The molecular weight excluding hydrogens is 295 g/mol. The second-order valence-corrected chi connectivity index (χ2v) is 8.85. The van der Waals surface area contributed by atoms with Crippen molar-refractivity contribution in [3.8, 4) is 0 Å². The molecule has 3 nitrogen and oxygen atoms in total. The van der Waals surface area contributed by atoms with Gasteiger partial charge in [-0.2, -0.15) is 0 Å². The van der Waals surface area contributed by atoms with E-state index in [0.29, 0.717) is 31.3 Å². The highest BCUT2D eigenvalue weighted by atomic mass is 19.1. The van der Waals surface area contributed by atoms with Crippen molar-refractivity contribution in [1.29, 1.82) is 0 Å². The number of hydrogen-bond donors (Lipinski definition) is 2. The van der Waals surface area contributed by atoms with Crippen LogP contribution in [-0.4, -0.2) is 34.4 Å². The first kappa shape index (κ1) is 15.8. The van der Waals surface area contributed by atoms with E-state index in [2.05, 4.69) is 6.92 Å². The number of rotatable bonds is 0. The van der Waals surface area contributed by atoms with E-state index in [-0.39, 0.29) is 35.1 Å². The van der Waals surface area contributed by atoms with Crippen molar-refractivity contribution in [1.82, 2.24) is 0 Å². The molecule has 4 aliphatic rings. The van der Waals surface area contributed by atoms with Gasteiger partial charge in [0.1, 0.15) is 6.17 Å². The number of fused-ring (bicyclic) bond motifs is 5. The van der Waals surface area contributed by atoms with Crippen LogP contribution in [0.3, 0.4) is 0 Å². The normalized spacial score (nSPS) is 55.7. The zero-order valence-electron chi connectivity index (χ0n) is 14.0. The Bertz CT molecular complexity index is 573. The van der Waals surface area contributed by atoms with Gasteiger partial charge < -0.3 is 10.2 Å². The average Bonchev–Trinajstić information content (AvgIpc) is 2.76. The van der Waals surface area contributed by atoms with E-state index in [1.54, 1.807) is 0 Å². The second kappa shape index (κ2) is 4.89. The van der Waals surface area contributed by atoms with Crippen LogP contribution in [0.15, 0.2) is 11.6 Å². The van der Waals surface area contributed by atoms with Gasteiger partial charge in [-0.1, -0.05) is 13.8 Å². The Labute approximate surface area is 137 Å². The van der Waals surface area contributed by atoms with Gasteiger partial charge >= 0.3 is 0 Å². The quantitative estimate of drug-likeness (QED) is 0.721. The smallest absolute Gasteiger partial charge is 0.155 e. The van der Waals surface area contributed by atoms with Crippen molar-refractivity contribution in [2.75, 3.05) is 0 Å². The summed E-state index contributed by atoms with van der Waals surface area (Å²) in [7, 11) is 0. The van der Waals surface area contributed by atoms with Gasteiger partial charge in [-0.3, -0.25) is 4.79 Å². The molecule has 0 aromatic carbocycles. The van der Waals surface area contributed by atoms with E-state index in [1.165, 1.54) is 6.08 Å². The summed E-state index contributed by atoms with van der Waals surface area (Å²) in [5, 5.41) is 21.4. The van der Waals surface area contributed by atoms with E-state index >= 15 is 0 Å². The van der Waals surface area contributed by atoms with Crippen molar-refractivity contribution >= 4 is 5.78 Å². The van der Waals surface area contributed by atoms with Crippen molar-refractivity contribution in [3.05, 3.63) is 11.6 Å². The highest BCUT2D eigenvalue weighted by molar-refractivity contribution is 5.91. The Morgan fingerprint density at radius 3 is 2.74 bits per heavy atom. The van der Waals surface area contributed by atoms with Crippen molar-refractivity contribution in [3.63, 3.8) is 0 Å². The second-order valence-electron chi connectivity index (χ2n) is 8.85. The minimum Gasteiger partial charge on any atom is -0.393 e. The van der Waals surface area contributed by atoms with Crippen LogP contribution >= 0.6 is 0 Å². The molecule has 4 aliphatic carbocycles. The fraction of sp³-hybridized carbons (Fsp3) is 0.842. The number of carbonyl (C=O) groups excluding carboxylic acids is 1. The predicted molar refractivity (Wildman–Crippen MR) is 84.4 cm³/mol. The van der Waals surface area contributed by atoms with E-state index < -0.39 is 17.7 Å². The maximum Gasteiger partial charge on any atom is 0.155 e. The van der Waals surface area contributed by atoms with E-state index in [9.17, 15) is 19.4 Å². The van der Waals surface area contributed by atoms with Gasteiger partial charge in [-0.25, -0.2) is 4.39 Å². The lowest BCUT2D eigenvalue weighted by atomic mass is 9.46. The van der Waals surface area contributed by atoms with Gasteiger partial charge in [0.2, 0.25) is 0 Å². The highest BCUT2D eigenvalue weighted by Crippen LogP contribution is 2.65. The minimum absolute atomic E-state index is 0.0113.